The van der Waals surface area contributed by atoms with E-state index in [0.717, 1.165) is 5.56 Å². The monoisotopic (exact) mass is 222 g/mol. The molecule has 88 valence electrons. The number of ether oxygens (including phenoxy) is 1. The largest absolute Gasteiger partial charge is 0.387 e. The lowest BCUT2D eigenvalue weighted by molar-refractivity contribution is -0.0989. The first-order valence-corrected chi connectivity index (χ1v) is 5.65. The minimum absolute atomic E-state index is 0.254. The molecule has 1 fully saturated rings. The molecule has 0 bridgehead atoms. The molecule has 3 nitrogen and oxygen atoms in total. The Balaban J connectivity index is 1.88. The Labute approximate surface area is 95.7 Å². The lowest BCUT2D eigenvalue weighted by Crippen LogP contribution is -2.39. The van der Waals surface area contributed by atoms with E-state index in [-0.39, 0.29) is 6.10 Å². The van der Waals surface area contributed by atoms with Gasteiger partial charge in [-0.2, -0.15) is 0 Å². The molecule has 1 aromatic carbocycles. The average molecular weight is 222 g/mol. The first-order valence-electron chi connectivity index (χ1n) is 5.65. The summed E-state index contributed by atoms with van der Waals surface area (Å²) in [6.45, 7) is 2.14. The number of rotatable bonds is 3. The summed E-state index contributed by atoms with van der Waals surface area (Å²) in [7, 11) is 0. The van der Waals surface area contributed by atoms with Crippen LogP contribution in [0.2, 0.25) is 0 Å². The molecule has 1 aliphatic rings. The van der Waals surface area contributed by atoms with E-state index in [1.165, 1.54) is 0 Å². The van der Waals surface area contributed by atoms with Crippen molar-refractivity contribution < 1.29 is 14.9 Å². The third-order valence-corrected chi connectivity index (χ3v) is 3.23. The summed E-state index contributed by atoms with van der Waals surface area (Å²) in [6.07, 6.45) is 0.264. The normalized spacial score (nSPS) is 34.2. The van der Waals surface area contributed by atoms with E-state index in [9.17, 15) is 10.2 Å². The first-order chi connectivity index (χ1) is 7.59. The van der Waals surface area contributed by atoms with Crippen LogP contribution in [0.1, 0.15) is 25.3 Å². The van der Waals surface area contributed by atoms with Crippen LogP contribution in [-0.2, 0) is 11.3 Å². The van der Waals surface area contributed by atoms with Crippen LogP contribution < -0.4 is 0 Å². The molecular formula is C13H18O3. The predicted molar refractivity (Wildman–Crippen MR) is 60.9 cm³/mol. The third kappa shape index (κ3) is 2.43. The van der Waals surface area contributed by atoms with Crippen molar-refractivity contribution in [2.24, 2.45) is 0 Å². The summed E-state index contributed by atoms with van der Waals surface area (Å²) in [5.41, 5.74) is 0.0858. The quantitative estimate of drug-likeness (QED) is 0.814. The highest BCUT2D eigenvalue weighted by Gasteiger charge is 2.43. The van der Waals surface area contributed by atoms with Crippen LogP contribution in [0.5, 0.6) is 0 Å². The summed E-state index contributed by atoms with van der Waals surface area (Å²) >= 11 is 0. The van der Waals surface area contributed by atoms with Crippen molar-refractivity contribution in [3.8, 4) is 0 Å². The second kappa shape index (κ2) is 4.53. The van der Waals surface area contributed by atoms with Gasteiger partial charge in [-0.1, -0.05) is 30.3 Å². The van der Waals surface area contributed by atoms with Crippen molar-refractivity contribution in [2.45, 2.75) is 44.2 Å². The fourth-order valence-electron chi connectivity index (χ4n) is 2.09. The van der Waals surface area contributed by atoms with Crippen LogP contribution in [0.15, 0.2) is 30.3 Å². The van der Waals surface area contributed by atoms with Crippen LogP contribution in [-0.4, -0.2) is 28.0 Å². The van der Waals surface area contributed by atoms with Gasteiger partial charge in [-0.15, -0.1) is 0 Å². The lowest BCUT2D eigenvalue weighted by atomic mass is 10.0. The molecule has 0 amide bonds. The van der Waals surface area contributed by atoms with E-state index in [1.807, 2.05) is 30.3 Å². The summed E-state index contributed by atoms with van der Waals surface area (Å²) in [4.78, 5) is 0. The number of hydrogen-bond acceptors (Lipinski definition) is 3. The molecule has 2 N–H and O–H groups in total. The number of aliphatic hydroxyl groups excluding tert-OH is 1. The summed E-state index contributed by atoms with van der Waals surface area (Å²) in [6, 6.07) is 9.84. The Morgan fingerprint density at radius 2 is 2.06 bits per heavy atom. The van der Waals surface area contributed by atoms with E-state index < -0.39 is 11.7 Å². The van der Waals surface area contributed by atoms with Gasteiger partial charge in [0.15, 0.2) is 0 Å². The molecule has 1 saturated carbocycles. The Bertz CT molecular complexity index is 334. The van der Waals surface area contributed by atoms with Gasteiger partial charge in [0.25, 0.3) is 0 Å². The van der Waals surface area contributed by atoms with Crippen LogP contribution in [0.4, 0.5) is 0 Å². The number of benzene rings is 1. The van der Waals surface area contributed by atoms with Crippen molar-refractivity contribution in [3.05, 3.63) is 35.9 Å². The van der Waals surface area contributed by atoms with E-state index >= 15 is 0 Å². The Hall–Kier alpha value is -0.900. The van der Waals surface area contributed by atoms with Crippen molar-refractivity contribution >= 4 is 0 Å². The van der Waals surface area contributed by atoms with Gasteiger partial charge in [0.1, 0.15) is 6.10 Å². The van der Waals surface area contributed by atoms with Gasteiger partial charge in [0, 0.05) is 0 Å². The maximum Gasteiger partial charge on any atom is 0.108 e. The molecule has 3 heteroatoms. The van der Waals surface area contributed by atoms with Gasteiger partial charge >= 0.3 is 0 Å². The van der Waals surface area contributed by atoms with Crippen LogP contribution in [0.3, 0.4) is 0 Å². The van der Waals surface area contributed by atoms with Crippen LogP contribution >= 0.6 is 0 Å². The van der Waals surface area contributed by atoms with E-state index in [1.54, 1.807) is 6.92 Å². The highest BCUT2D eigenvalue weighted by atomic mass is 16.5. The molecular weight excluding hydrogens is 204 g/mol. The number of hydrogen-bond donors (Lipinski definition) is 2. The second-order valence-electron chi connectivity index (χ2n) is 4.68. The van der Waals surface area contributed by atoms with Crippen molar-refractivity contribution in [2.75, 3.05) is 0 Å². The molecule has 1 aliphatic carbocycles. The van der Waals surface area contributed by atoms with E-state index in [0.29, 0.717) is 19.4 Å². The smallest absolute Gasteiger partial charge is 0.108 e. The highest BCUT2D eigenvalue weighted by molar-refractivity contribution is 5.13. The fourth-order valence-corrected chi connectivity index (χ4v) is 2.09. The average Bonchev–Trinajstić information content (AvgIpc) is 2.54. The van der Waals surface area contributed by atoms with Gasteiger partial charge in [-0.3, -0.25) is 0 Å². The zero-order chi connectivity index (χ0) is 11.6. The zero-order valence-electron chi connectivity index (χ0n) is 9.47. The highest BCUT2D eigenvalue weighted by Crippen LogP contribution is 2.32. The van der Waals surface area contributed by atoms with Gasteiger partial charge < -0.3 is 14.9 Å². The molecule has 0 unspecified atom stereocenters. The van der Waals surface area contributed by atoms with Crippen molar-refractivity contribution in [1.82, 2.24) is 0 Å². The number of aliphatic hydroxyl groups is 2. The fraction of sp³-hybridized carbons (Fsp3) is 0.538. The SMILES string of the molecule is C[C@@]1(O)CC[C@H](OCc2ccccc2)[C@@H]1O. The molecule has 16 heavy (non-hydrogen) atoms. The maximum atomic E-state index is 9.82. The molecule has 1 aromatic rings. The topological polar surface area (TPSA) is 49.7 Å². The van der Waals surface area contributed by atoms with Crippen molar-refractivity contribution in [3.63, 3.8) is 0 Å². The Morgan fingerprint density at radius 1 is 1.38 bits per heavy atom. The Kier molecular flexibility index (Phi) is 3.28. The molecule has 0 saturated heterocycles. The van der Waals surface area contributed by atoms with Gasteiger partial charge in [0.2, 0.25) is 0 Å². The minimum atomic E-state index is -0.999. The second-order valence-corrected chi connectivity index (χ2v) is 4.68. The maximum absolute atomic E-state index is 9.82. The Morgan fingerprint density at radius 3 is 2.62 bits per heavy atom. The molecule has 0 aromatic heterocycles. The first kappa shape index (κ1) is 11.6. The van der Waals surface area contributed by atoms with E-state index in [2.05, 4.69) is 0 Å². The van der Waals surface area contributed by atoms with Crippen molar-refractivity contribution in [1.29, 1.82) is 0 Å². The molecule has 0 heterocycles. The molecule has 2 rings (SSSR count). The van der Waals surface area contributed by atoms with Gasteiger partial charge in [0.05, 0.1) is 18.3 Å². The molecule has 3 atom stereocenters. The van der Waals surface area contributed by atoms with Gasteiger partial charge in [-0.25, -0.2) is 0 Å². The van der Waals surface area contributed by atoms with Crippen LogP contribution in [0, 0.1) is 0 Å². The molecule has 0 spiro atoms. The third-order valence-electron chi connectivity index (χ3n) is 3.23. The summed E-state index contributed by atoms with van der Waals surface area (Å²) in [5.74, 6) is 0. The summed E-state index contributed by atoms with van der Waals surface area (Å²) in [5, 5.41) is 19.6. The van der Waals surface area contributed by atoms with Gasteiger partial charge in [-0.05, 0) is 25.3 Å². The van der Waals surface area contributed by atoms with E-state index in [4.69, 9.17) is 4.74 Å². The standard InChI is InChI=1S/C13H18O3/c1-13(15)8-7-11(12(13)14)16-9-10-5-3-2-4-6-10/h2-6,11-12,14-15H,7-9H2,1H3/t11-,12-,13+/m0/s1. The molecule has 0 aliphatic heterocycles. The zero-order valence-corrected chi connectivity index (χ0v) is 9.47. The predicted octanol–water partition coefficient (Wildman–Crippen LogP) is 1.48. The lowest BCUT2D eigenvalue weighted by Gasteiger charge is -2.24. The molecule has 0 radical (unpaired) electrons. The minimum Gasteiger partial charge on any atom is -0.387 e. The van der Waals surface area contributed by atoms with Crippen LogP contribution in [0.25, 0.3) is 0 Å². The summed E-state index contributed by atoms with van der Waals surface area (Å²) < 4.78 is 5.63.